The van der Waals surface area contributed by atoms with E-state index >= 15 is 0 Å². The van der Waals surface area contributed by atoms with Gasteiger partial charge in [0.1, 0.15) is 0 Å². The maximum atomic E-state index is 4.28. The van der Waals surface area contributed by atoms with Crippen molar-refractivity contribution in [3.63, 3.8) is 0 Å². The van der Waals surface area contributed by atoms with Crippen molar-refractivity contribution < 1.29 is 0 Å². The van der Waals surface area contributed by atoms with E-state index in [1.165, 1.54) is 30.6 Å². The van der Waals surface area contributed by atoms with Gasteiger partial charge in [-0.2, -0.15) is 5.10 Å². The van der Waals surface area contributed by atoms with E-state index in [1.54, 1.807) is 0 Å². The van der Waals surface area contributed by atoms with Gasteiger partial charge in [0.15, 0.2) is 0 Å². The van der Waals surface area contributed by atoms with E-state index in [1.807, 2.05) is 17.9 Å². The Labute approximate surface area is 98.2 Å². The molecule has 1 fully saturated rings. The van der Waals surface area contributed by atoms with Crippen LogP contribution in [0.3, 0.4) is 0 Å². The van der Waals surface area contributed by atoms with E-state index in [9.17, 15) is 0 Å². The molecule has 1 aliphatic carbocycles. The predicted octanol–water partition coefficient (Wildman–Crippen LogP) is 2.97. The third kappa shape index (κ3) is 2.23. The number of nitrogens with zero attached hydrogens (tertiary/aromatic N) is 2. The zero-order valence-corrected chi connectivity index (χ0v) is 10.8. The molecule has 1 heterocycles. The summed E-state index contributed by atoms with van der Waals surface area (Å²) in [5, 5.41) is 7.93. The monoisotopic (exact) mass is 221 g/mol. The van der Waals surface area contributed by atoms with Crippen LogP contribution >= 0.6 is 0 Å². The number of rotatable bonds is 2. The fourth-order valence-electron chi connectivity index (χ4n) is 2.72. The molecule has 0 spiro atoms. The van der Waals surface area contributed by atoms with Crippen molar-refractivity contribution in [1.82, 2.24) is 9.78 Å². The molecular weight excluding hydrogens is 198 g/mol. The van der Waals surface area contributed by atoms with Crippen LogP contribution in [0.15, 0.2) is 6.20 Å². The molecule has 1 saturated carbocycles. The Morgan fingerprint density at radius 2 is 2.12 bits per heavy atom. The summed E-state index contributed by atoms with van der Waals surface area (Å²) in [6.45, 7) is 6.84. The topological polar surface area (TPSA) is 29.9 Å². The Kier molecular flexibility index (Phi) is 3.22. The largest absolute Gasteiger partial charge is 0.379 e. The van der Waals surface area contributed by atoms with Crippen LogP contribution in [-0.2, 0) is 7.05 Å². The summed E-state index contributed by atoms with van der Waals surface area (Å²) >= 11 is 0. The lowest BCUT2D eigenvalue weighted by Gasteiger charge is -2.33. The van der Waals surface area contributed by atoms with Crippen LogP contribution in [-0.4, -0.2) is 15.8 Å². The summed E-state index contributed by atoms with van der Waals surface area (Å²) in [7, 11) is 1.99. The molecule has 0 amide bonds. The fourth-order valence-corrected chi connectivity index (χ4v) is 2.72. The molecule has 0 aromatic carbocycles. The van der Waals surface area contributed by atoms with E-state index in [0.717, 1.165) is 11.8 Å². The molecule has 90 valence electrons. The first-order chi connectivity index (χ1) is 7.58. The van der Waals surface area contributed by atoms with Crippen molar-refractivity contribution in [3.8, 4) is 0 Å². The van der Waals surface area contributed by atoms with Gasteiger partial charge in [-0.3, -0.25) is 4.68 Å². The Hall–Kier alpha value is -0.990. The minimum atomic E-state index is 0.624. The van der Waals surface area contributed by atoms with Crippen LogP contribution in [0, 0.1) is 18.8 Å². The van der Waals surface area contributed by atoms with E-state index in [2.05, 4.69) is 31.2 Å². The van der Waals surface area contributed by atoms with E-state index in [4.69, 9.17) is 0 Å². The van der Waals surface area contributed by atoms with Crippen LogP contribution in [0.4, 0.5) is 5.69 Å². The minimum Gasteiger partial charge on any atom is -0.379 e. The first-order valence-corrected chi connectivity index (χ1v) is 6.33. The lowest BCUT2D eigenvalue weighted by molar-refractivity contribution is 0.276. The van der Waals surface area contributed by atoms with Crippen LogP contribution < -0.4 is 5.32 Å². The Balaban J connectivity index is 2.02. The van der Waals surface area contributed by atoms with Gasteiger partial charge in [0.05, 0.1) is 17.6 Å². The lowest BCUT2D eigenvalue weighted by atomic mass is 9.80. The van der Waals surface area contributed by atoms with Gasteiger partial charge >= 0.3 is 0 Å². The summed E-state index contributed by atoms with van der Waals surface area (Å²) in [6.07, 6.45) is 5.93. The van der Waals surface area contributed by atoms with Crippen LogP contribution in [0.25, 0.3) is 0 Å². The molecule has 0 bridgehead atoms. The quantitative estimate of drug-likeness (QED) is 0.832. The lowest BCUT2D eigenvalue weighted by Crippen LogP contribution is -2.33. The van der Waals surface area contributed by atoms with Gasteiger partial charge in [-0.25, -0.2) is 0 Å². The van der Waals surface area contributed by atoms with Crippen molar-refractivity contribution in [1.29, 1.82) is 0 Å². The highest BCUT2D eigenvalue weighted by molar-refractivity contribution is 5.46. The summed E-state index contributed by atoms with van der Waals surface area (Å²) in [4.78, 5) is 0. The van der Waals surface area contributed by atoms with Gasteiger partial charge in [-0.05, 0) is 38.0 Å². The number of hydrogen-bond acceptors (Lipinski definition) is 2. The fraction of sp³-hybridized carbons (Fsp3) is 0.769. The molecule has 1 aliphatic rings. The van der Waals surface area contributed by atoms with Crippen LogP contribution in [0.1, 0.15) is 38.8 Å². The van der Waals surface area contributed by atoms with E-state index < -0.39 is 0 Å². The van der Waals surface area contributed by atoms with Gasteiger partial charge < -0.3 is 5.32 Å². The zero-order valence-electron chi connectivity index (χ0n) is 10.8. The second-order valence-electron chi connectivity index (χ2n) is 5.41. The van der Waals surface area contributed by atoms with Crippen molar-refractivity contribution in [2.24, 2.45) is 18.9 Å². The first kappa shape index (κ1) is 11.5. The molecule has 3 atom stereocenters. The molecule has 1 N–H and O–H groups in total. The standard InChI is InChI=1S/C13H23N3/c1-9-5-6-12(10(2)7-9)15-13-8-14-16(4)11(13)3/h8-10,12,15H,5-7H2,1-4H3. The summed E-state index contributed by atoms with van der Waals surface area (Å²) in [6, 6.07) is 0.624. The Morgan fingerprint density at radius 3 is 2.69 bits per heavy atom. The highest BCUT2D eigenvalue weighted by Gasteiger charge is 2.25. The summed E-state index contributed by atoms with van der Waals surface area (Å²) in [5.74, 6) is 1.66. The molecule has 3 unspecified atom stereocenters. The summed E-state index contributed by atoms with van der Waals surface area (Å²) < 4.78 is 1.93. The first-order valence-electron chi connectivity index (χ1n) is 6.33. The molecule has 0 radical (unpaired) electrons. The molecule has 3 heteroatoms. The number of nitrogens with one attached hydrogen (secondary N) is 1. The molecule has 16 heavy (non-hydrogen) atoms. The van der Waals surface area contributed by atoms with Gasteiger partial charge in [0, 0.05) is 13.1 Å². The van der Waals surface area contributed by atoms with Crippen LogP contribution in [0.2, 0.25) is 0 Å². The smallest absolute Gasteiger partial charge is 0.0758 e. The molecule has 3 nitrogen and oxygen atoms in total. The zero-order chi connectivity index (χ0) is 11.7. The molecule has 2 rings (SSSR count). The predicted molar refractivity (Wildman–Crippen MR) is 67.5 cm³/mol. The number of aryl methyl sites for hydroxylation is 1. The van der Waals surface area contributed by atoms with Crippen molar-refractivity contribution >= 4 is 5.69 Å². The molecule has 1 aromatic heterocycles. The Bertz CT molecular complexity index is 356. The normalized spacial score (nSPS) is 30.4. The highest BCUT2D eigenvalue weighted by atomic mass is 15.3. The van der Waals surface area contributed by atoms with Gasteiger partial charge in [-0.1, -0.05) is 13.8 Å². The summed E-state index contributed by atoms with van der Waals surface area (Å²) in [5.41, 5.74) is 2.43. The van der Waals surface area contributed by atoms with Gasteiger partial charge in [0.25, 0.3) is 0 Å². The number of hydrogen-bond donors (Lipinski definition) is 1. The molecule has 0 aliphatic heterocycles. The van der Waals surface area contributed by atoms with Crippen molar-refractivity contribution in [2.75, 3.05) is 5.32 Å². The maximum absolute atomic E-state index is 4.28. The van der Waals surface area contributed by atoms with Crippen LogP contribution in [0.5, 0.6) is 0 Å². The maximum Gasteiger partial charge on any atom is 0.0758 e. The van der Waals surface area contributed by atoms with Gasteiger partial charge in [0.2, 0.25) is 0 Å². The molecule has 1 aromatic rings. The van der Waals surface area contributed by atoms with Crippen molar-refractivity contribution in [2.45, 2.75) is 46.1 Å². The third-order valence-corrected chi connectivity index (χ3v) is 4.01. The van der Waals surface area contributed by atoms with Gasteiger partial charge in [-0.15, -0.1) is 0 Å². The third-order valence-electron chi connectivity index (χ3n) is 4.01. The second-order valence-corrected chi connectivity index (χ2v) is 5.41. The highest BCUT2D eigenvalue weighted by Crippen LogP contribution is 2.31. The SMILES string of the molecule is Cc1c(NC2CCC(C)CC2C)cnn1C. The Morgan fingerprint density at radius 1 is 1.38 bits per heavy atom. The van der Waals surface area contributed by atoms with Crippen molar-refractivity contribution in [3.05, 3.63) is 11.9 Å². The average molecular weight is 221 g/mol. The number of anilines is 1. The second kappa shape index (κ2) is 4.48. The minimum absolute atomic E-state index is 0.624. The van der Waals surface area contributed by atoms with E-state index in [-0.39, 0.29) is 0 Å². The average Bonchev–Trinajstić information content (AvgIpc) is 2.54. The molecule has 0 saturated heterocycles. The van der Waals surface area contributed by atoms with E-state index in [0.29, 0.717) is 6.04 Å². The molecular formula is C13H23N3. The number of aromatic nitrogens is 2.